The molecular weight excluding hydrogens is 266 g/mol. The molecule has 2 heterocycles. The van der Waals surface area contributed by atoms with Gasteiger partial charge in [-0.15, -0.1) is 0 Å². The van der Waals surface area contributed by atoms with E-state index in [0.717, 1.165) is 23.7 Å². The number of hydrogen-bond acceptors (Lipinski definition) is 4. The van der Waals surface area contributed by atoms with Gasteiger partial charge in [0, 0.05) is 12.6 Å². The van der Waals surface area contributed by atoms with Gasteiger partial charge >= 0.3 is 0 Å². The highest BCUT2D eigenvalue weighted by Gasteiger charge is 2.32. The fourth-order valence-corrected chi connectivity index (χ4v) is 3.02. The van der Waals surface area contributed by atoms with Crippen LogP contribution in [0.15, 0.2) is 40.8 Å². The zero-order chi connectivity index (χ0) is 14.8. The number of aliphatic hydroxyl groups excluding tert-OH is 1. The molecule has 1 aliphatic rings. The molecule has 2 aromatic rings. The predicted molar refractivity (Wildman–Crippen MR) is 80.2 cm³/mol. The zero-order valence-electron chi connectivity index (χ0n) is 12.5. The molecular formula is C17H21NO3. The summed E-state index contributed by atoms with van der Waals surface area (Å²) >= 11 is 0. The number of benzene rings is 1. The van der Waals surface area contributed by atoms with Gasteiger partial charge in [-0.2, -0.15) is 0 Å². The van der Waals surface area contributed by atoms with Crippen LogP contribution in [0.1, 0.15) is 29.5 Å². The number of methoxy groups -OCH3 is 1. The summed E-state index contributed by atoms with van der Waals surface area (Å²) in [7, 11) is 1.67. The van der Waals surface area contributed by atoms with Gasteiger partial charge < -0.3 is 14.3 Å². The molecule has 0 bridgehead atoms. The van der Waals surface area contributed by atoms with Gasteiger partial charge in [0.1, 0.15) is 17.3 Å². The smallest absolute Gasteiger partial charge is 0.119 e. The van der Waals surface area contributed by atoms with E-state index in [2.05, 4.69) is 11.0 Å². The Hall–Kier alpha value is -1.78. The van der Waals surface area contributed by atoms with Crippen LogP contribution in [0.5, 0.6) is 5.75 Å². The molecule has 1 aromatic heterocycles. The molecule has 4 heteroatoms. The quantitative estimate of drug-likeness (QED) is 0.939. The summed E-state index contributed by atoms with van der Waals surface area (Å²) in [6.07, 6.45) is 0.449. The van der Waals surface area contributed by atoms with Crippen LogP contribution < -0.4 is 4.74 Å². The fourth-order valence-electron chi connectivity index (χ4n) is 3.02. The minimum absolute atomic E-state index is 0.195. The lowest BCUT2D eigenvalue weighted by atomic mass is 10.0. The summed E-state index contributed by atoms with van der Waals surface area (Å²) in [6.45, 7) is 3.33. The second-order valence-corrected chi connectivity index (χ2v) is 5.62. The minimum atomic E-state index is -0.294. The van der Waals surface area contributed by atoms with Crippen LogP contribution >= 0.6 is 0 Å². The maximum absolute atomic E-state index is 10.0. The summed E-state index contributed by atoms with van der Waals surface area (Å²) in [5.41, 5.74) is 1.18. The van der Waals surface area contributed by atoms with E-state index in [0.29, 0.717) is 13.1 Å². The Bertz CT molecular complexity index is 608. The largest absolute Gasteiger partial charge is 0.497 e. The van der Waals surface area contributed by atoms with Gasteiger partial charge in [0.05, 0.1) is 19.8 Å². The summed E-state index contributed by atoms with van der Waals surface area (Å²) in [5.74, 6) is 2.71. The maximum atomic E-state index is 10.0. The number of nitrogens with zero attached hydrogens (tertiary/aromatic N) is 1. The van der Waals surface area contributed by atoms with E-state index >= 15 is 0 Å². The number of rotatable bonds is 4. The highest BCUT2D eigenvalue weighted by Crippen LogP contribution is 2.34. The molecule has 0 aliphatic carbocycles. The first-order valence-corrected chi connectivity index (χ1v) is 7.27. The molecule has 1 aliphatic heterocycles. The van der Waals surface area contributed by atoms with Crippen molar-refractivity contribution in [1.29, 1.82) is 0 Å². The van der Waals surface area contributed by atoms with Gasteiger partial charge in [-0.05, 0) is 43.2 Å². The highest BCUT2D eigenvalue weighted by atomic mass is 16.5. The van der Waals surface area contributed by atoms with Crippen molar-refractivity contribution >= 4 is 0 Å². The summed E-state index contributed by atoms with van der Waals surface area (Å²) < 4.78 is 11.0. The number of furan rings is 1. The number of hydrogen-bond donors (Lipinski definition) is 1. The average Bonchev–Trinajstić information content (AvgIpc) is 3.05. The second-order valence-electron chi connectivity index (χ2n) is 5.62. The van der Waals surface area contributed by atoms with Crippen LogP contribution in [0.3, 0.4) is 0 Å². The Labute approximate surface area is 124 Å². The van der Waals surface area contributed by atoms with Crippen LogP contribution in [-0.2, 0) is 6.54 Å². The van der Waals surface area contributed by atoms with Gasteiger partial charge in [-0.3, -0.25) is 4.90 Å². The molecule has 2 atom stereocenters. The lowest BCUT2D eigenvalue weighted by Gasteiger charge is -2.23. The molecule has 0 spiro atoms. The molecule has 21 heavy (non-hydrogen) atoms. The van der Waals surface area contributed by atoms with E-state index in [9.17, 15) is 5.11 Å². The molecule has 3 rings (SSSR count). The van der Waals surface area contributed by atoms with Crippen molar-refractivity contribution in [2.24, 2.45) is 0 Å². The third-order valence-electron chi connectivity index (χ3n) is 4.01. The Morgan fingerprint density at radius 2 is 2.19 bits per heavy atom. The summed E-state index contributed by atoms with van der Waals surface area (Å²) in [4.78, 5) is 2.26. The molecule has 1 aromatic carbocycles. The van der Waals surface area contributed by atoms with Crippen LogP contribution in [0.4, 0.5) is 0 Å². The molecule has 1 N–H and O–H groups in total. The standard InChI is InChI=1S/C17H21NO3/c1-12-6-7-16(21-12)11-18-10-14(19)9-17(18)13-4-3-5-15(8-13)20-2/h3-8,14,17,19H,9-11H2,1-2H3. The van der Waals surface area contributed by atoms with Crippen molar-refractivity contribution in [2.75, 3.05) is 13.7 Å². The first-order chi connectivity index (χ1) is 10.2. The van der Waals surface area contributed by atoms with Crippen molar-refractivity contribution in [3.63, 3.8) is 0 Å². The van der Waals surface area contributed by atoms with Gasteiger partial charge in [-0.1, -0.05) is 12.1 Å². The average molecular weight is 287 g/mol. The third kappa shape index (κ3) is 3.12. The molecule has 0 amide bonds. The van der Waals surface area contributed by atoms with E-state index in [1.807, 2.05) is 37.3 Å². The van der Waals surface area contributed by atoms with Crippen molar-refractivity contribution in [3.8, 4) is 5.75 Å². The molecule has 1 saturated heterocycles. The van der Waals surface area contributed by atoms with Crippen LogP contribution in [0.25, 0.3) is 0 Å². The van der Waals surface area contributed by atoms with E-state index in [-0.39, 0.29) is 12.1 Å². The molecule has 2 unspecified atom stereocenters. The lowest BCUT2D eigenvalue weighted by molar-refractivity contribution is 0.168. The van der Waals surface area contributed by atoms with Crippen molar-refractivity contribution < 1.29 is 14.3 Å². The fraction of sp³-hybridized carbons (Fsp3) is 0.412. The number of likely N-dealkylation sites (tertiary alicyclic amines) is 1. The Kier molecular flexibility index (Phi) is 3.99. The number of β-amino-alcohol motifs (C(OH)–C–C–N with tert-alkyl or cyclic N) is 1. The minimum Gasteiger partial charge on any atom is -0.497 e. The number of aryl methyl sites for hydroxylation is 1. The second kappa shape index (κ2) is 5.92. The van der Waals surface area contributed by atoms with Crippen molar-refractivity contribution in [3.05, 3.63) is 53.5 Å². The molecule has 112 valence electrons. The van der Waals surface area contributed by atoms with Gasteiger partial charge in [0.25, 0.3) is 0 Å². The molecule has 0 radical (unpaired) electrons. The Morgan fingerprint density at radius 3 is 2.90 bits per heavy atom. The van der Waals surface area contributed by atoms with E-state index in [1.165, 1.54) is 5.56 Å². The topological polar surface area (TPSA) is 45.8 Å². The van der Waals surface area contributed by atoms with Crippen molar-refractivity contribution in [2.45, 2.75) is 32.0 Å². The van der Waals surface area contributed by atoms with Gasteiger partial charge in [0.15, 0.2) is 0 Å². The van der Waals surface area contributed by atoms with Gasteiger partial charge in [-0.25, -0.2) is 0 Å². The number of aliphatic hydroxyl groups is 1. The van der Waals surface area contributed by atoms with Gasteiger partial charge in [0.2, 0.25) is 0 Å². The maximum Gasteiger partial charge on any atom is 0.119 e. The zero-order valence-corrected chi connectivity index (χ0v) is 12.5. The molecule has 0 saturated carbocycles. The third-order valence-corrected chi connectivity index (χ3v) is 4.01. The Balaban J connectivity index is 1.81. The van der Waals surface area contributed by atoms with E-state index in [1.54, 1.807) is 7.11 Å². The Morgan fingerprint density at radius 1 is 1.33 bits per heavy atom. The lowest BCUT2D eigenvalue weighted by Crippen LogP contribution is -2.24. The first-order valence-electron chi connectivity index (χ1n) is 7.27. The SMILES string of the molecule is COc1cccc(C2CC(O)CN2Cc2ccc(C)o2)c1. The summed E-state index contributed by atoms with van der Waals surface area (Å²) in [5, 5.41) is 10.0. The van der Waals surface area contributed by atoms with Crippen LogP contribution in [0, 0.1) is 6.92 Å². The van der Waals surface area contributed by atoms with E-state index in [4.69, 9.17) is 9.15 Å². The monoisotopic (exact) mass is 287 g/mol. The molecule has 4 nitrogen and oxygen atoms in total. The predicted octanol–water partition coefficient (Wildman–Crippen LogP) is 2.90. The summed E-state index contributed by atoms with van der Waals surface area (Å²) in [6, 6.07) is 12.2. The normalized spacial score (nSPS) is 22.6. The van der Waals surface area contributed by atoms with E-state index < -0.39 is 0 Å². The van der Waals surface area contributed by atoms with Crippen LogP contribution in [0.2, 0.25) is 0 Å². The van der Waals surface area contributed by atoms with Crippen molar-refractivity contribution in [1.82, 2.24) is 4.90 Å². The first kappa shape index (κ1) is 14.2. The molecule has 1 fully saturated rings. The number of ether oxygens (including phenoxy) is 1. The van der Waals surface area contributed by atoms with Crippen LogP contribution in [-0.4, -0.2) is 29.8 Å². The highest BCUT2D eigenvalue weighted by molar-refractivity contribution is 5.31.